The van der Waals surface area contributed by atoms with Gasteiger partial charge in [0.15, 0.2) is 0 Å². The summed E-state index contributed by atoms with van der Waals surface area (Å²) in [5, 5.41) is 14.8. The van der Waals surface area contributed by atoms with Crippen LogP contribution >= 0.6 is 11.6 Å². The summed E-state index contributed by atoms with van der Waals surface area (Å²) < 4.78 is 6.89. The van der Waals surface area contributed by atoms with E-state index in [2.05, 4.69) is 5.32 Å². The number of rotatable bonds is 5. The maximum absolute atomic E-state index is 12.0. The summed E-state index contributed by atoms with van der Waals surface area (Å²) in [6, 6.07) is 5.70. The van der Waals surface area contributed by atoms with Crippen molar-refractivity contribution in [3.05, 3.63) is 35.0 Å². The van der Waals surface area contributed by atoms with E-state index in [1.54, 1.807) is 0 Å². The standard InChI is InChI=1S/C18H23ClN2O3/c1-24-18(23)13-11-21(17-12(13)5-2-6-14(17)19)10-4-7-15-16(22)8-3-9-20-15/h2,5-6,11,15-16,20,22H,3-4,7-10H2,1H3. The predicted octanol–water partition coefficient (Wildman–Crippen LogP) is 2.97. The summed E-state index contributed by atoms with van der Waals surface area (Å²) in [6.07, 6.45) is 5.21. The van der Waals surface area contributed by atoms with Crippen LogP contribution in [-0.2, 0) is 11.3 Å². The van der Waals surface area contributed by atoms with E-state index >= 15 is 0 Å². The molecule has 0 amide bonds. The maximum Gasteiger partial charge on any atom is 0.340 e. The van der Waals surface area contributed by atoms with E-state index in [1.165, 1.54) is 7.11 Å². The highest BCUT2D eigenvalue weighted by atomic mass is 35.5. The lowest BCUT2D eigenvalue weighted by molar-refractivity contribution is 0.0602. The topological polar surface area (TPSA) is 63.5 Å². The van der Waals surface area contributed by atoms with E-state index in [-0.39, 0.29) is 18.1 Å². The van der Waals surface area contributed by atoms with E-state index in [1.807, 2.05) is 29.0 Å². The second-order valence-electron chi connectivity index (χ2n) is 6.28. The van der Waals surface area contributed by atoms with Gasteiger partial charge >= 0.3 is 5.97 Å². The molecule has 1 fully saturated rings. The van der Waals surface area contributed by atoms with Crippen molar-refractivity contribution in [2.45, 2.75) is 44.4 Å². The minimum Gasteiger partial charge on any atom is -0.465 e. The number of aliphatic hydroxyl groups excluding tert-OH is 1. The fraction of sp³-hybridized carbons (Fsp3) is 0.500. The van der Waals surface area contributed by atoms with Gasteiger partial charge in [0.05, 0.1) is 29.3 Å². The molecule has 5 nitrogen and oxygen atoms in total. The van der Waals surface area contributed by atoms with Gasteiger partial charge in [-0.2, -0.15) is 0 Å². The van der Waals surface area contributed by atoms with Crippen LogP contribution in [0.25, 0.3) is 10.9 Å². The summed E-state index contributed by atoms with van der Waals surface area (Å²) in [4.78, 5) is 12.0. The third kappa shape index (κ3) is 3.43. The number of esters is 1. The predicted molar refractivity (Wildman–Crippen MR) is 94.6 cm³/mol. The molecule has 0 spiro atoms. The Morgan fingerprint density at radius 3 is 3.08 bits per heavy atom. The molecule has 0 aliphatic carbocycles. The molecule has 3 rings (SSSR count). The number of benzene rings is 1. The van der Waals surface area contributed by atoms with E-state index in [4.69, 9.17) is 16.3 Å². The van der Waals surface area contributed by atoms with E-state index in [0.29, 0.717) is 10.6 Å². The van der Waals surface area contributed by atoms with Crippen LogP contribution in [0.4, 0.5) is 0 Å². The molecule has 1 saturated heterocycles. The van der Waals surface area contributed by atoms with Gasteiger partial charge in [0.25, 0.3) is 0 Å². The normalized spacial score (nSPS) is 21.1. The molecule has 0 saturated carbocycles. The number of halogens is 1. The average Bonchev–Trinajstić information content (AvgIpc) is 2.96. The van der Waals surface area contributed by atoms with Crippen LogP contribution in [0.1, 0.15) is 36.0 Å². The molecule has 24 heavy (non-hydrogen) atoms. The summed E-state index contributed by atoms with van der Waals surface area (Å²) in [7, 11) is 1.38. The zero-order valence-electron chi connectivity index (χ0n) is 13.8. The number of fused-ring (bicyclic) bond motifs is 1. The largest absolute Gasteiger partial charge is 0.465 e. The maximum atomic E-state index is 12.0. The Balaban J connectivity index is 1.77. The number of ether oxygens (including phenoxy) is 1. The summed E-state index contributed by atoms with van der Waals surface area (Å²) in [5.41, 5.74) is 1.39. The number of carbonyl (C=O) groups is 1. The van der Waals surface area contributed by atoms with Crippen LogP contribution in [0.3, 0.4) is 0 Å². The molecule has 2 unspecified atom stereocenters. The van der Waals surface area contributed by atoms with Crippen molar-refractivity contribution in [1.29, 1.82) is 0 Å². The Morgan fingerprint density at radius 2 is 2.33 bits per heavy atom. The van der Waals surface area contributed by atoms with Gasteiger partial charge < -0.3 is 19.7 Å². The van der Waals surface area contributed by atoms with Crippen molar-refractivity contribution in [3.63, 3.8) is 0 Å². The van der Waals surface area contributed by atoms with Crippen LogP contribution in [0, 0.1) is 0 Å². The Hall–Kier alpha value is -1.56. The lowest BCUT2D eigenvalue weighted by Crippen LogP contribution is -2.44. The number of hydrogen-bond acceptors (Lipinski definition) is 4. The Morgan fingerprint density at radius 1 is 1.50 bits per heavy atom. The van der Waals surface area contributed by atoms with Gasteiger partial charge in [-0.25, -0.2) is 4.79 Å². The molecule has 0 radical (unpaired) electrons. The molecule has 1 aromatic carbocycles. The zero-order valence-corrected chi connectivity index (χ0v) is 14.6. The van der Waals surface area contributed by atoms with Gasteiger partial charge in [0, 0.05) is 24.2 Å². The number of aliphatic hydroxyl groups is 1. The quantitative estimate of drug-likeness (QED) is 0.814. The van der Waals surface area contributed by atoms with Gasteiger partial charge in [0.2, 0.25) is 0 Å². The first-order chi connectivity index (χ1) is 11.6. The van der Waals surface area contributed by atoms with Crippen LogP contribution in [0.2, 0.25) is 5.02 Å². The molecule has 6 heteroatoms. The Labute approximate surface area is 146 Å². The monoisotopic (exact) mass is 350 g/mol. The van der Waals surface area contributed by atoms with Gasteiger partial charge in [-0.3, -0.25) is 0 Å². The molecule has 1 aliphatic rings. The van der Waals surface area contributed by atoms with Crippen molar-refractivity contribution in [2.24, 2.45) is 0 Å². The minimum absolute atomic E-state index is 0.149. The molecule has 2 atom stereocenters. The summed E-state index contributed by atoms with van der Waals surface area (Å²) >= 11 is 6.35. The van der Waals surface area contributed by atoms with E-state index < -0.39 is 0 Å². The molecular weight excluding hydrogens is 328 g/mol. The fourth-order valence-electron chi connectivity index (χ4n) is 3.48. The van der Waals surface area contributed by atoms with Gasteiger partial charge in [-0.1, -0.05) is 23.7 Å². The number of methoxy groups -OCH3 is 1. The van der Waals surface area contributed by atoms with Crippen molar-refractivity contribution >= 4 is 28.5 Å². The van der Waals surface area contributed by atoms with Crippen molar-refractivity contribution in [1.82, 2.24) is 9.88 Å². The van der Waals surface area contributed by atoms with Crippen LogP contribution in [-0.4, -0.2) is 41.4 Å². The lowest BCUT2D eigenvalue weighted by atomic mass is 9.97. The molecule has 2 aromatic rings. The molecule has 1 aliphatic heterocycles. The summed E-state index contributed by atoms with van der Waals surface area (Å²) in [5.74, 6) is -0.356. The number of hydrogen-bond donors (Lipinski definition) is 2. The molecule has 130 valence electrons. The Kier molecular flexibility index (Phi) is 5.43. The van der Waals surface area contributed by atoms with Gasteiger partial charge in [-0.15, -0.1) is 0 Å². The number of aromatic nitrogens is 1. The molecule has 2 N–H and O–H groups in total. The van der Waals surface area contributed by atoms with Crippen LogP contribution in [0.5, 0.6) is 0 Å². The fourth-order valence-corrected chi connectivity index (χ4v) is 3.76. The second-order valence-corrected chi connectivity index (χ2v) is 6.68. The number of nitrogens with zero attached hydrogens (tertiary/aromatic N) is 1. The third-order valence-corrected chi connectivity index (χ3v) is 5.02. The number of aryl methyl sites for hydroxylation is 1. The van der Waals surface area contributed by atoms with E-state index in [0.717, 1.165) is 49.7 Å². The first-order valence-electron chi connectivity index (χ1n) is 8.39. The number of piperidine rings is 1. The number of para-hydroxylation sites is 1. The smallest absolute Gasteiger partial charge is 0.340 e. The SMILES string of the molecule is COC(=O)c1cn(CCCC2NCCCC2O)c2c(Cl)cccc12. The first kappa shape index (κ1) is 17.3. The zero-order chi connectivity index (χ0) is 17.1. The molecular formula is C18H23ClN2O3. The molecule has 2 heterocycles. The van der Waals surface area contributed by atoms with Crippen molar-refractivity contribution in [3.8, 4) is 0 Å². The highest BCUT2D eigenvalue weighted by Gasteiger charge is 2.22. The van der Waals surface area contributed by atoms with E-state index in [9.17, 15) is 9.90 Å². The highest BCUT2D eigenvalue weighted by Crippen LogP contribution is 2.29. The van der Waals surface area contributed by atoms with Crippen molar-refractivity contribution < 1.29 is 14.6 Å². The average molecular weight is 351 g/mol. The van der Waals surface area contributed by atoms with Crippen LogP contribution in [0.15, 0.2) is 24.4 Å². The first-order valence-corrected chi connectivity index (χ1v) is 8.76. The van der Waals surface area contributed by atoms with Crippen molar-refractivity contribution in [2.75, 3.05) is 13.7 Å². The molecule has 0 bridgehead atoms. The van der Waals surface area contributed by atoms with Gasteiger partial charge in [0.1, 0.15) is 0 Å². The Bertz CT molecular complexity index is 728. The van der Waals surface area contributed by atoms with Crippen LogP contribution < -0.4 is 5.32 Å². The minimum atomic E-state index is -0.356. The number of carbonyl (C=O) groups excluding carboxylic acids is 1. The molecule has 1 aromatic heterocycles. The van der Waals surface area contributed by atoms with Gasteiger partial charge in [-0.05, 0) is 38.3 Å². The highest BCUT2D eigenvalue weighted by molar-refractivity contribution is 6.35. The third-order valence-electron chi connectivity index (χ3n) is 4.72. The lowest BCUT2D eigenvalue weighted by Gasteiger charge is -2.29. The summed E-state index contributed by atoms with van der Waals surface area (Å²) in [6.45, 7) is 1.70. The second kappa shape index (κ2) is 7.55. The number of nitrogens with one attached hydrogen (secondary N) is 1.